The van der Waals surface area contributed by atoms with Crippen LogP contribution in [0.15, 0.2) is 0 Å². The van der Waals surface area contributed by atoms with E-state index in [-0.39, 0.29) is 19.8 Å². The smallest absolute Gasteiger partial charge is 0.830 e. The molecule has 0 aromatic rings. The van der Waals surface area contributed by atoms with Crippen LogP contribution in [0.3, 0.4) is 0 Å². The molecule has 0 aliphatic carbocycles. The van der Waals surface area contributed by atoms with E-state index in [2.05, 4.69) is 16.5 Å². The van der Waals surface area contributed by atoms with Gasteiger partial charge in [-0.15, -0.1) is 0 Å². The number of nitrogens with two attached hydrogens (primary N) is 3. The molecule has 14 heteroatoms. The Morgan fingerprint density at radius 1 is 0.500 bits per heavy atom. The molecule has 6 N–H and O–H groups in total. The molecule has 0 saturated heterocycles. The normalized spacial score (nSPS) is 7.71. The van der Waals surface area contributed by atoms with Crippen molar-refractivity contribution in [2.45, 2.75) is 0 Å². The standard InChI is InChI=1S/3H2NO2P.2P/c3*1-4(2)3;;/h3*1H2;;/q3*-2;2*+3. The summed E-state index contributed by atoms with van der Waals surface area (Å²) in [6.45, 7) is 0. The molecular weight excluding hydrogens is 293 g/mol. The first-order chi connectivity index (χ1) is 5.20. The van der Waals surface area contributed by atoms with Gasteiger partial charge in [0, 0.05) is 0 Å². The van der Waals surface area contributed by atoms with Crippen LogP contribution in [0, 0.1) is 0 Å². The van der Waals surface area contributed by atoms with Crippen LogP contribution in [-0.2, 0) is 0 Å². The largest absolute Gasteiger partial charge is 3.00 e. The first-order valence-corrected chi connectivity index (χ1v) is 5.61. The molecule has 82 valence electrons. The summed E-state index contributed by atoms with van der Waals surface area (Å²) in [6.07, 6.45) is 0. The molecule has 0 spiro atoms. The van der Waals surface area contributed by atoms with Crippen LogP contribution >= 0.6 is 45.4 Å². The molecule has 9 nitrogen and oxygen atoms in total. The molecule has 0 aliphatic rings. The van der Waals surface area contributed by atoms with Gasteiger partial charge in [-0.3, -0.25) is 0 Å². The summed E-state index contributed by atoms with van der Waals surface area (Å²) >= 11 is 0. The fraction of sp³-hybridized carbons (Fsp3) is 0. The molecule has 0 saturated carbocycles. The Bertz CT molecular complexity index is 50.0. The third-order valence-corrected chi connectivity index (χ3v) is 0. The van der Waals surface area contributed by atoms with Gasteiger partial charge in [0.25, 0.3) is 0 Å². The topological polar surface area (TPSA) is 216 Å². The van der Waals surface area contributed by atoms with Crippen LogP contribution in [0.2, 0.25) is 0 Å². The summed E-state index contributed by atoms with van der Waals surface area (Å²) in [7, 11) is -7.86. The summed E-state index contributed by atoms with van der Waals surface area (Å²) in [6, 6.07) is 0. The zero-order valence-corrected chi connectivity index (χ0v) is 10.9. The third-order valence-electron chi connectivity index (χ3n) is 0. The monoisotopic (exact) mass is 299 g/mol. The maximum absolute atomic E-state index is 8.81. The molecule has 0 atom stereocenters. The average molecular weight is 299 g/mol. The van der Waals surface area contributed by atoms with E-state index < -0.39 is 25.6 Å². The molecule has 0 bridgehead atoms. The second kappa shape index (κ2) is 24.2. The number of rotatable bonds is 0. The van der Waals surface area contributed by atoms with Gasteiger partial charge in [-0.25, -0.2) is 25.6 Å². The van der Waals surface area contributed by atoms with Gasteiger partial charge in [0.15, 0.2) is 0 Å². The van der Waals surface area contributed by atoms with Crippen molar-refractivity contribution >= 4 is 45.4 Å². The quantitative estimate of drug-likeness (QED) is 0.366. The molecule has 0 aliphatic heterocycles. The molecular formula is H6N3O6P5. The van der Waals surface area contributed by atoms with Crippen molar-refractivity contribution in [2.24, 2.45) is 16.5 Å². The van der Waals surface area contributed by atoms with Crippen LogP contribution in [0.5, 0.6) is 0 Å². The molecule has 0 fully saturated rings. The maximum atomic E-state index is 8.81. The first kappa shape index (κ1) is 29.7. The van der Waals surface area contributed by atoms with Crippen LogP contribution < -0.4 is 45.9 Å². The van der Waals surface area contributed by atoms with E-state index in [0.717, 1.165) is 0 Å². The van der Waals surface area contributed by atoms with Gasteiger partial charge in [0.05, 0.1) is 0 Å². The number of hydrogen-bond acceptors (Lipinski definition) is 9. The van der Waals surface area contributed by atoms with Gasteiger partial charge in [-0.1, -0.05) is 0 Å². The minimum Gasteiger partial charge on any atom is -0.830 e. The van der Waals surface area contributed by atoms with E-state index in [1.807, 2.05) is 0 Å². The van der Waals surface area contributed by atoms with Crippen LogP contribution in [0.1, 0.15) is 0 Å². The Morgan fingerprint density at radius 3 is 0.500 bits per heavy atom. The second-order valence-electron chi connectivity index (χ2n) is 0.856. The molecule has 0 rings (SSSR count). The minimum absolute atomic E-state index is 0. The average Bonchev–Trinajstić information content (AvgIpc) is 1.54. The van der Waals surface area contributed by atoms with Crippen molar-refractivity contribution in [2.75, 3.05) is 0 Å². The zero-order valence-electron chi connectivity index (χ0n) is 6.42. The predicted molar refractivity (Wildman–Crippen MR) is 47.2 cm³/mol. The van der Waals surface area contributed by atoms with Gasteiger partial charge >= 0.3 is 19.8 Å². The van der Waals surface area contributed by atoms with E-state index >= 15 is 0 Å². The van der Waals surface area contributed by atoms with Crippen molar-refractivity contribution in [1.29, 1.82) is 0 Å². The Labute approximate surface area is 91.9 Å². The van der Waals surface area contributed by atoms with E-state index in [4.69, 9.17) is 29.4 Å². The van der Waals surface area contributed by atoms with Crippen LogP contribution in [0.25, 0.3) is 0 Å². The SMILES string of the molecule is NP([O-])[O-].NP([O-])[O-].NP([O-])[O-].[P+3].[P+3]. The summed E-state index contributed by atoms with van der Waals surface area (Å²) in [5.74, 6) is 0. The van der Waals surface area contributed by atoms with E-state index in [1.54, 1.807) is 0 Å². The van der Waals surface area contributed by atoms with E-state index in [9.17, 15) is 0 Å². The summed E-state index contributed by atoms with van der Waals surface area (Å²) in [5, 5.41) is 0. The Morgan fingerprint density at radius 2 is 0.500 bits per heavy atom. The molecule has 14 heavy (non-hydrogen) atoms. The van der Waals surface area contributed by atoms with Gasteiger partial charge in [-0.2, -0.15) is 0 Å². The van der Waals surface area contributed by atoms with Crippen molar-refractivity contribution in [3.63, 3.8) is 0 Å². The van der Waals surface area contributed by atoms with Gasteiger partial charge in [0.2, 0.25) is 0 Å². The predicted octanol–water partition coefficient (Wildman–Crippen LogP) is -4.60. The van der Waals surface area contributed by atoms with Crippen molar-refractivity contribution in [3.05, 3.63) is 0 Å². The van der Waals surface area contributed by atoms with Crippen molar-refractivity contribution in [3.8, 4) is 0 Å². The molecule has 0 amide bonds. The van der Waals surface area contributed by atoms with Gasteiger partial charge in [0.1, 0.15) is 0 Å². The van der Waals surface area contributed by atoms with Crippen molar-refractivity contribution in [1.82, 2.24) is 0 Å². The molecule has 0 aromatic carbocycles. The second-order valence-corrected chi connectivity index (χ2v) is 2.57. The Balaban J connectivity index is -0.0000000270. The third kappa shape index (κ3) is 704. The fourth-order valence-electron chi connectivity index (χ4n) is 0. The Kier molecular flexibility index (Phi) is 51.2. The summed E-state index contributed by atoms with van der Waals surface area (Å²) in [4.78, 5) is 52.9. The summed E-state index contributed by atoms with van der Waals surface area (Å²) < 4.78 is 0. The van der Waals surface area contributed by atoms with Crippen molar-refractivity contribution < 1.29 is 29.4 Å². The summed E-state index contributed by atoms with van der Waals surface area (Å²) in [5.41, 5.74) is 12.2. The zero-order chi connectivity index (χ0) is 10.7. The molecule has 4 radical (unpaired) electrons. The van der Waals surface area contributed by atoms with E-state index in [1.165, 1.54) is 0 Å². The van der Waals surface area contributed by atoms with E-state index in [0.29, 0.717) is 0 Å². The molecule has 0 heterocycles. The fourth-order valence-corrected chi connectivity index (χ4v) is 0. The number of hydrogen-bond donors (Lipinski definition) is 3. The maximum Gasteiger partial charge on any atom is 3.00 e. The van der Waals surface area contributed by atoms with Crippen LogP contribution in [0.4, 0.5) is 0 Å². The molecule has 0 unspecified atom stereocenters. The Hall–Kier alpha value is 1.79. The molecule has 0 aromatic heterocycles. The first-order valence-electron chi connectivity index (χ1n) is 1.87. The minimum atomic E-state index is -2.62. The van der Waals surface area contributed by atoms with Gasteiger partial charge < -0.3 is 45.9 Å². The van der Waals surface area contributed by atoms with Crippen LogP contribution in [-0.4, -0.2) is 0 Å². The van der Waals surface area contributed by atoms with Gasteiger partial charge in [-0.05, 0) is 0 Å².